The number of halogens is 2. The Kier molecular flexibility index (Phi) is 6.24. The van der Waals surface area contributed by atoms with E-state index in [0.29, 0.717) is 39.1 Å². The molecule has 1 aliphatic heterocycles. The van der Waals surface area contributed by atoms with Gasteiger partial charge in [0.25, 0.3) is 11.8 Å². The molecule has 0 unspecified atom stereocenters. The van der Waals surface area contributed by atoms with Gasteiger partial charge >= 0.3 is 0 Å². The first-order valence-corrected chi connectivity index (χ1v) is 8.77. The summed E-state index contributed by atoms with van der Waals surface area (Å²) in [7, 11) is 0. The molecule has 138 valence electrons. The van der Waals surface area contributed by atoms with Gasteiger partial charge in [-0.3, -0.25) is 14.4 Å². The molecule has 0 radical (unpaired) electrons. The maximum atomic E-state index is 12.4. The average Bonchev–Trinajstić information content (AvgIpc) is 3.08. The smallest absolute Gasteiger partial charge is 0.276 e. The summed E-state index contributed by atoms with van der Waals surface area (Å²) in [4.78, 5) is 32.6. The molecule has 0 atom stereocenters. The molecule has 8 heteroatoms. The van der Waals surface area contributed by atoms with Crippen molar-refractivity contribution >= 4 is 46.4 Å². The van der Waals surface area contributed by atoms with Crippen LogP contribution >= 0.6 is 23.2 Å². The zero-order chi connectivity index (χ0) is 19.2. The summed E-state index contributed by atoms with van der Waals surface area (Å²) in [5.41, 5.74) is 4.63. The number of carbonyl (C=O) groups is 2. The Bertz CT molecular complexity index is 942. The number of hydroxylamine groups is 1. The second-order valence-corrected chi connectivity index (χ2v) is 6.47. The molecular weight excluding hydrogens is 389 g/mol. The van der Waals surface area contributed by atoms with Crippen LogP contribution in [0, 0.1) is 0 Å². The number of aliphatic imine (C=N–C) groups is 1. The van der Waals surface area contributed by atoms with E-state index < -0.39 is 5.91 Å². The fraction of sp³-hybridized carbons (Fsp3) is 0.105. The van der Waals surface area contributed by atoms with E-state index in [2.05, 4.69) is 15.8 Å². The highest BCUT2D eigenvalue weighted by Gasteiger charge is 2.13. The Morgan fingerprint density at radius 3 is 2.70 bits per heavy atom. The summed E-state index contributed by atoms with van der Waals surface area (Å²) >= 11 is 12.0. The topological polar surface area (TPSA) is 79.8 Å². The van der Waals surface area contributed by atoms with Gasteiger partial charge in [0.15, 0.2) is 0 Å². The van der Waals surface area contributed by atoms with Gasteiger partial charge in [-0.15, -0.1) is 0 Å². The molecule has 1 heterocycles. The lowest BCUT2D eigenvalue weighted by Gasteiger charge is -2.12. The van der Waals surface area contributed by atoms with Crippen molar-refractivity contribution in [2.24, 2.45) is 4.99 Å². The molecule has 0 aromatic heterocycles. The minimum Gasteiger partial charge on any atom is -0.379 e. The fourth-order valence-electron chi connectivity index (χ4n) is 2.39. The van der Waals surface area contributed by atoms with Crippen LogP contribution in [0.1, 0.15) is 15.9 Å². The molecule has 0 spiro atoms. The number of amides is 2. The predicted molar refractivity (Wildman–Crippen MR) is 105 cm³/mol. The summed E-state index contributed by atoms with van der Waals surface area (Å²) in [6.07, 6.45) is 3.03. The van der Waals surface area contributed by atoms with Crippen LogP contribution in [0.15, 0.2) is 59.6 Å². The quantitative estimate of drug-likeness (QED) is 0.688. The molecule has 6 nitrogen and oxygen atoms in total. The van der Waals surface area contributed by atoms with E-state index >= 15 is 0 Å². The molecule has 2 amide bonds. The minimum atomic E-state index is -0.420. The van der Waals surface area contributed by atoms with Gasteiger partial charge in [-0.1, -0.05) is 35.3 Å². The summed E-state index contributed by atoms with van der Waals surface area (Å²) in [5.74, 6) is -0.706. The maximum Gasteiger partial charge on any atom is 0.276 e. The van der Waals surface area contributed by atoms with Gasteiger partial charge in [-0.05, 0) is 36.4 Å². The van der Waals surface area contributed by atoms with Gasteiger partial charge in [-0.25, -0.2) is 10.5 Å². The van der Waals surface area contributed by atoms with Crippen LogP contribution in [0.4, 0.5) is 5.69 Å². The monoisotopic (exact) mass is 403 g/mol. The third kappa shape index (κ3) is 5.17. The van der Waals surface area contributed by atoms with Gasteiger partial charge in [-0.2, -0.15) is 0 Å². The van der Waals surface area contributed by atoms with Gasteiger partial charge in [0.1, 0.15) is 6.61 Å². The maximum absolute atomic E-state index is 12.4. The van der Waals surface area contributed by atoms with Crippen LogP contribution < -0.4 is 10.8 Å². The second kappa shape index (κ2) is 8.81. The Balaban J connectivity index is 1.59. The zero-order valence-electron chi connectivity index (χ0n) is 14.0. The first-order valence-electron chi connectivity index (χ1n) is 8.01. The van der Waals surface area contributed by atoms with Crippen LogP contribution in [-0.2, 0) is 16.2 Å². The van der Waals surface area contributed by atoms with Gasteiger partial charge in [0, 0.05) is 27.4 Å². The molecule has 0 saturated heterocycles. The van der Waals surface area contributed by atoms with Crippen LogP contribution in [-0.4, -0.2) is 24.1 Å². The van der Waals surface area contributed by atoms with Gasteiger partial charge in [0.2, 0.25) is 0 Å². The first-order chi connectivity index (χ1) is 13.0. The predicted octanol–water partition coefficient (Wildman–Crippen LogP) is 3.80. The van der Waals surface area contributed by atoms with E-state index in [1.54, 1.807) is 48.5 Å². The van der Waals surface area contributed by atoms with Crippen molar-refractivity contribution in [2.45, 2.75) is 6.61 Å². The number of hydrogen-bond donors (Lipinski definition) is 2. The second-order valence-electron chi connectivity index (χ2n) is 5.63. The number of benzene rings is 2. The lowest BCUT2D eigenvalue weighted by molar-refractivity contribution is -0.113. The molecule has 0 aliphatic carbocycles. The SMILES string of the molecule is O=C1C=CC(CNc2ccccc2C(=O)NOCc2cc(Cl)ccc2Cl)=N1. The lowest BCUT2D eigenvalue weighted by Crippen LogP contribution is -2.25. The van der Waals surface area contributed by atoms with Crippen LogP contribution in [0.2, 0.25) is 10.0 Å². The van der Waals surface area contributed by atoms with Crippen molar-refractivity contribution in [2.75, 3.05) is 11.9 Å². The lowest BCUT2D eigenvalue weighted by atomic mass is 10.1. The van der Waals surface area contributed by atoms with Crippen LogP contribution in [0.3, 0.4) is 0 Å². The highest BCUT2D eigenvalue weighted by atomic mass is 35.5. The molecule has 0 fully saturated rings. The number of carbonyl (C=O) groups excluding carboxylic acids is 2. The van der Waals surface area contributed by atoms with E-state index in [1.807, 2.05) is 0 Å². The summed E-state index contributed by atoms with van der Waals surface area (Å²) in [6.45, 7) is 0.399. The molecule has 0 saturated carbocycles. The number of anilines is 1. The Morgan fingerprint density at radius 2 is 1.93 bits per heavy atom. The highest BCUT2D eigenvalue weighted by Crippen LogP contribution is 2.21. The zero-order valence-corrected chi connectivity index (χ0v) is 15.6. The minimum absolute atomic E-state index is 0.0739. The number of nitrogens with zero attached hydrogens (tertiary/aromatic N) is 1. The van der Waals surface area contributed by atoms with Crippen LogP contribution in [0.25, 0.3) is 0 Å². The van der Waals surface area contributed by atoms with Crippen molar-refractivity contribution in [3.05, 3.63) is 75.8 Å². The normalized spacial score (nSPS) is 12.8. The Hall–Kier alpha value is -2.67. The van der Waals surface area contributed by atoms with E-state index in [1.165, 1.54) is 6.08 Å². The average molecular weight is 404 g/mol. The van der Waals surface area contributed by atoms with Crippen LogP contribution in [0.5, 0.6) is 0 Å². The third-order valence-corrected chi connectivity index (χ3v) is 4.31. The molecule has 0 bridgehead atoms. The number of rotatable bonds is 7. The molecule has 1 aliphatic rings. The van der Waals surface area contributed by atoms with E-state index in [9.17, 15) is 9.59 Å². The third-order valence-electron chi connectivity index (χ3n) is 3.70. The molecule has 2 aromatic carbocycles. The Labute approximate surface area is 165 Å². The van der Waals surface area contributed by atoms with Gasteiger partial charge < -0.3 is 5.32 Å². The number of hydrogen-bond acceptors (Lipinski definition) is 4. The van der Waals surface area contributed by atoms with E-state index in [-0.39, 0.29) is 12.5 Å². The summed E-state index contributed by atoms with van der Waals surface area (Å²) in [6, 6.07) is 11.9. The molecule has 27 heavy (non-hydrogen) atoms. The number of para-hydroxylation sites is 1. The van der Waals surface area contributed by atoms with E-state index in [4.69, 9.17) is 28.0 Å². The first kappa shape index (κ1) is 19.1. The van der Waals surface area contributed by atoms with Crippen molar-refractivity contribution in [1.29, 1.82) is 0 Å². The standard InChI is InChI=1S/C19H15Cl2N3O3/c20-13-5-7-16(21)12(9-13)11-27-24-19(26)15-3-1-2-4-17(15)22-10-14-6-8-18(25)23-14/h1-9,22H,10-11H2,(H,24,26). The summed E-state index contributed by atoms with van der Waals surface area (Å²) in [5, 5.41) is 4.12. The summed E-state index contributed by atoms with van der Waals surface area (Å²) < 4.78 is 0. The molecule has 2 aromatic rings. The van der Waals surface area contributed by atoms with E-state index in [0.717, 1.165) is 0 Å². The van der Waals surface area contributed by atoms with Crippen molar-refractivity contribution in [1.82, 2.24) is 5.48 Å². The van der Waals surface area contributed by atoms with Crippen molar-refractivity contribution in [3.8, 4) is 0 Å². The van der Waals surface area contributed by atoms with Gasteiger partial charge in [0.05, 0.1) is 17.8 Å². The largest absolute Gasteiger partial charge is 0.379 e. The molecule has 3 rings (SSSR count). The van der Waals surface area contributed by atoms with Crippen molar-refractivity contribution in [3.63, 3.8) is 0 Å². The fourth-order valence-corrected chi connectivity index (χ4v) is 2.76. The molecular formula is C19H15Cl2N3O3. The van der Waals surface area contributed by atoms with Crippen molar-refractivity contribution < 1.29 is 14.4 Å². The highest BCUT2D eigenvalue weighted by molar-refractivity contribution is 6.33. The number of nitrogens with one attached hydrogen (secondary N) is 2. The molecule has 2 N–H and O–H groups in total. The Morgan fingerprint density at radius 1 is 1.11 bits per heavy atom.